The van der Waals surface area contributed by atoms with E-state index >= 15 is 0 Å². The number of anilines is 2. The number of ether oxygens (including phenoxy) is 1. The van der Waals surface area contributed by atoms with Crippen LogP contribution in [0.1, 0.15) is 10.4 Å². The summed E-state index contributed by atoms with van der Waals surface area (Å²) in [6.07, 6.45) is 0.779. The quantitative estimate of drug-likeness (QED) is 0.773. The fraction of sp³-hybridized carbons (Fsp3) is 0.286. The zero-order chi connectivity index (χ0) is 15.4. The Morgan fingerprint density at radius 2 is 1.43 bits per heavy atom. The molecule has 110 valence electrons. The summed E-state index contributed by atoms with van der Waals surface area (Å²) in [7, 11) is 7.38. The Labute approximate surface area is 123 Å². The number of hydrogen-bond acceptors (Lipinski definition) is 7. The lowest BCUT2D eigenvalue weighted by Crippen LogP contribution is -2.19. The van der Waals surface area contributed by atoms with E-state index in [2.05, 4.69) is 15.0 Å². The van der Waals surface area contributed by atoms with Gasteiger partial charge in [-0.25, -0.2) is 0 Å². The monoisotopic (exact) mass is 287 g/mol. The molecule has 0 aliphatic carbocycles. The Balaban J connectivity index is 2.31. The highest BCUT2D eigenvalue weighted by atomic mass is 16.5. The Hall–Kier alpha value is -2.70. The normalized spacial score (nSPS) is 10.1. The maximum Gasteiger partial charge on any atom is 0.328 e. The van der Waals surface area contributed by atoms with Crippen molar-refractivity contribution in [1.29, 1.82) is 0 Å². The molecule has 1 aromatic heterocycles. The van der Waals surface area contributed by atoms with Crippen LogP contribution >= 0.6 is 0 Å². The summed E-state index contributed by atoms with van der Waals surface area (Å²) in [5, 5.41) is 0. The molecule has 0 N–H and O–H groups in total. The number of aromatic nitrogens is 3. The van der Waals surface area contributed by atoms with Crippen molar-refractivity contribution in [3.8, 4) is 11.8 Å². The van der Waals surface area contributed by atoms with Crippen molar-refractivity contribution in [2.45, 2.75) is 0 Å². The summed E-state index contributed by atoms with van der Waals surface area (Å²) in [4.78, 5) is 27.0. The van der Waals surface area contributed by atoms with Crippen LogP contribution in [0, 0.1) is 0 Å². The molecule has 1 aromatic carbocycles. The Morgan fingerprint density at radius 1 is 0.905 bits per heavy atom. The standard InChI is InChI=1S/C14H17N5O2/c1-18(2)12-15-13(19(3)4)17-14(16-12)21-11-7-5-10(9-20)6-8-11/h5-9H,1-4H3. The van der Waals surface area contributed by atoms with E-state index in [1.54, 1.807) is 34.1 Å². The van der Waals surface area contributed by atoms with E-state index in [1.165, 1.54) is 0 Å². The lowest BCUT2D eigenvalue weighted by atomic mass is 10.2. The van der Waals surface area contributed by atoms with Gasteiger partial charge in [-0.15, -0.1) is 0 Å². The zero-order valence-electron chi connectivity index (χ0n) is 12.4. The number of benzene rings is 1. The van der Waals surface area contributed by atoms with E-state index in [0.29, 0.717) is 23.2 Å². The minimum atomic E-state index is 0.205. The largest absolute Gasteiger partial charge is 0.424 e. The van der Waals surface area contributed by atoms with Gasteiger partial charge in [0.2, 0.25) is 11.9 Å². The molecule has 0 radical (unpaired) electrons. The number of rotatable bonds is 5. The van der Waals surface area contributed by atoms with Crippen LogP contribution in [0.25, 0.3) is 0 Å². The minimum Gasteiger partial charge on any atom is -0.424 e. The Bertz CT molecular complexity index is 600. The molecule has 2 aromatic rings. The number of aldehydes is 1. The molecule has 0 unspecified atom stereocenters. The zero-order valence-corrected chi connectivity index (χ0v) is 12.4. The molecular weight excluding hydrogens is 270 g/mol. The second-order valence-electron chi connectivity index (χ2n) is 4.80. The topological polar surface area (TPSA) is 71.5 Å². The van der Waals surface area contributed by atoms with Crippen LogP contribution in [0.15, 0.2) is 24.3 Å². The second-order valence-corrected chi connectivity index (χ2v) is 4.80. The van der Waals surface area contributed by atoms with Gasteiger partial charge in [0, 0.05) is 33.8 Å². The Morgan fingerprint density at radius 3 is 1.86 bits per heavy atom. The van der Waals surface area contributed by atoms with E-state index in [-0.39, 0.29) is 6.01 Å². The molecule has 2 rings (SSSR count). The van der Waals surface area contributed by atoms with Crippen LogP contribution in [0.5, 0.6) is 11.8 Å². The molecule has 0 aliphatic rings. The van der Waals surface area contributed by atoms with Gasteiger partial charge in [0.15, 0.2) is 0 Å². The molecule has 0 atom stereocenters. The third kappa shape index (κ3) is 3.65. The lowest BCUT2D eigenvalue weighted by Gasteiger charge is -2.16. The first-order valence-corrected chi connectivity index (χ1v) is 6.33. The summed E-state index contributed by atoms with van der Waals surface area (Å²) >= 11 is 0. The van der Waals surface area contributed by atoms with E-state index in [4.69, 9.17) is 4.74 Å². The van der Waals surface area contributed by atoms with Gasteiger partial charge in [0.05, 0.1) is 0 Å². The Kier molecular flexibility index (Phi) is 4.32. The van der Waals surface area contributed by atoms with E-state index < -0.39 is 0 Å². The average Bonchev–Trinajstić information content (AvgIpc) is 2.47. The van der Waals surface area contributed by atoms with Crippen molar-refractivity contribution in [2.75, 3.05) is 38.0 Å². The van der Waals surface area contributed by atoms with Crippen molar-refractivity contribution < 1.29 is 9.53 Å². The van der Waals surface area contributed by atoms with Gasteiger partial charge in [0.25, 0.3) is 0 Å². The highest BCUT2D eigenvalue weighted by Crippen LogP contribution is 2.21. The molecule has 7 heteroatoms. The van der Waals surface area contributed by atoms with Gasteiger partial charge in [0.1, 0.15) is 12.0 Å². The maximum atomic E-state index is 10.6. The van der Waals surface area contributed by atoms with Crippen LogP contribution in [0.3, 0.4) is 0 Å². The van der Waals surface area contributed by atoms with Crippen molar-refractivity contribution in [3.05, 3.63) is 29.8 Å². The third-order valence-corrected chi connectivity index (χ3v) is 2.62. The molecule has 0 aliphatic heterocycles. The molecule has 0 bridgehead atoms. The molecule has 1 heterocycles. The van der Waals surface area contributed by atoms with Crippen LogP contribution in [-0.2, 0) is 0 Å². The fourth-order valence-electron chi connectivity index (χ4n) is 1.50. The van der Waals surface area contributed by atoms with Crippen LogP contribution < -0.4 is 14.5 Å². The molecule has 0 amide bonds. The van der Waals surface area contributed by atoms with E-state index in [1.807, 2.05) is 28.2 Å². The predicted octanol–water partition coefficient (Wildman–Crippen LogP) is 1.61. The molecule has 7 nitrogen and oxygen atoms in total. The number of nitrogens with zero attached hydrogens (tertiary/aromatic N) is 5. The molecule has 0 spiro atoms. The number of carbonyl (C=O) groups excluding carboxylic acids is 1. The summed E-state index contributed by atoms with van der Waals surface area (Å²) in [5.74, 6) is 1.57. The first-order chi connectivity index (χ1) is 9.99. The maximum absolute atomic E-state index is 10.6. The van der Waals surface area contributed by atoms with Crippen molar-refractivity contribution >= 4 is 18.2 Å². The summed E-state index contributed by atoms with van der Waals surface area (Å²) < 4.78 is 5.63. The molecule has 0 saturated heterocycles. The minimum absolute atomic E-state index is 0.205. The first-order valence-electron chi connectivity index (χ1n) is 6.33. The molecule has 21 heavy (non-hydrogen) atoms. The van der Waals surface area contributed by atoms with Crippen molar-refractivity contribution in [2.24, 2.45) is 0 Å². The lowest BCUT2D eigenvalue weighted by molar-refractivity contribution is 0.112. The average molecular weight is 287 g/mol. The molecule has 0 fully saturated rings. The van der Waals surface area contributed by atoms with Crippen LogP contribution in [-0.4, -0.2) is 49.4 Å². The van der Waals surface area contributed by atoms with Gasteiger partial charge in [-0.05, 0) is 24.3 Å². The molecule has 0 saturated carbocycles. The predicted molar refractivity (Wildman–Crippen MR) is 80.4 cm³/mol. The van der Waals surface area contributed by atoms with E-state index in [0.717, 1.165) is 6.29 Å². The summed E-state index contributed by atoms with van der Waals surface area (Å²) in [5.41, 5.74) is 0.584. The van der Waals surface area contributed by atoms with Gasteiger partial charge in [-0.3, -0.25) is 4.79 Å². The number of hydrogen-bond donors (Lipinski definition) is 0. The summed E-state index contributed by atoms with van der Waals surface area (Å²) in [6.45, 7) is 0. The van der Waals surface area contributed by atoms with E-state index in [9.17, 15) is 4.79 Å². The van der Waals surface area contributed by atoms with Gasteiger partial charge >= 0.3 is 6.01 Å². The number of carbonyl (C=O) groups is 1. The van der Waals surface area contributed by atoms with Crippen LogP contribution in [0.2, 0.25) is 0 Å². The summed E-state index contributed by atoms with van der Waals surface area (Å²) in [6, 6.07) is 6.93. The van der Waals surface area contributed by atoms with Crippen molar-refractivity contribution in [1.82, 2.24) is 15.0 Å². The molecular formula is C14H17N5O2. The SMILES string of the molecule is CN(C)c1nc(Oc2ccc(C=O)cc2)nc(N(C)C)n1. The first kappa shape index (κ1) is 14.7. The van der Waals surface area contributed by atoms with Crippen molar-refractivity contribution in [3.63, 3.8) is 0 Å². The highest BCUT2D eigenvalue weighted by Gasteiger charge is 2.11. The third-order valence-electron chi connectivity index (χ3n) is 2.62. The smallest absolute Gasteiger partial charge is 0.328 e. The van der Waals surface area contributed by atoms with Gasteiger partial charge in [-0.1, -0.05) is 0 Å². The van der Waals surface area contributed by atoms with Gasteiger partial charge in [-0.2, -0.15) is 15.0 Å². The fourth-order valence-corrected chi connectivity index (χ4v) is 1.50. The highest BCUT2D eigenvalue weighted by molar-refractivity contribution is 5.74. The second kappa shape index (κ2) is 6.17. The van der Waals surface area contributed by atoms with Gasteiger partial charge < -0.3 is 14.5 Å². The van der Waals surface area contributed by atoms with Crippen LogP contribution in [0.4, 0.5) is 11.9 Å².